The maximum atomic E-state index is 12.0. The quantitative estimate of drug-likeness (QED) is 0.729. The smallest absolute Gasteiger partial charge is 0.281 e. The Hall–Kier alpha value is -0.170. The van der Waals surface area contributed by atoms with Gasteiger partial charge in [0.05, 0.1) is 0 Å². The van der Waals surface area contributed by atoms with E-state index in [1.165, 1.54) is 8.61 Å². The molecule has 0 saturated carbocycles. The molecule has 1 heterocycles. The number of unbranched alkanes of at least 4 members (excludes halogenated alkanes) is 1. The highest BCUT2D eigenvalue weighted by atomic mass is 32.2. The largest absolute Gasteiger partial charge is 0.326 e. The first kappa shape index (κ1) is 12.9. The van der Waals surface area contributed by atoms with Crippen molar-refractivity contribution >= 4 is 10.2 Å². The minimum atomic E-state index is -3.26. The molecule has 0 radical (unpaired) electrons. The van der Waals surface area contributed by atoms with Gasteiger partial charge in [-0.05, 0) is 12.8 Å². The van der Waals surface area contributed by atoms with Crippen molar-refractivity contribution < 1.29 is 8.42 Å². The van der Waals surface area contributed by atoms with Gasteiger partial charge in [0, 0.05) is 32.7 Å². The zero-order valence-corrected chi connectivity index (χ0v) is 10.3. The van der Waals surface area contributed by atoms with Crippen molar-refractivity contribution in [2.45, 2.75) is 32.2 Å². The molecular weight excluding hydrogens is 214 g/mol. The SMILES string of the molecule is CCCCN(C)S(=O)(=O)N1CCC(N)C1. The Morgan fingerprint density at radius 3 is 2.67 bits per heavy atom. The van der Waals surface area contributed by atoms with E-state index < -0.39 is 10.2 Å². The Labute approximate surface area is 92.4 Å². The Kier molecular flexibility index (Phi) is 4.51. The van der Waals surface area contributed by atoms with Crippen LogP contribution in [0.1, 0.15) is 26.2 Å². The van der Waals surface area contributed by atoms with Gasteiger partial charge in [0.25, 0.3) is 10.2 Å². The molecule has 0 aromatic heterocycles. The number of rotatable bonds is 5. The molecule has 1 rings (SSSR count). The van der Waals surface area contributed by atoms with E-state index in [4.69, 9.17) is 5.73 Å². The Balaban J connectivity index is 2.57. The maximum Gasteiger partial charge on any atom is 0.281 e. The fraction of sp³-hybridized carbons (Fsp3) is 1.00. The van der Waals surface area contributed by atoms with Gasteiger partial charge in [0.2, 0.25) is 0 Å². The van der Waals surface area contributed by atoms with Crippen LogP contribution in [0.15, 0.2) is 0 Å². The molecule has 1 aliphatic heterocycles. The maximum absolute atomic E-state index is 12.0. The molecule has 1 fully saturated rings. The van der Waals surface area contributed by atoms with Crippen LogP contribution in [0.5, 0.6) is 0 Å². The van der Waals surface area contributed by atoms with E-state index in [9.17, 15) is 8.42 Å². The van der Waals surface area contributed by atoms with Gasteiger partial charge >= 0.3 is 0 Å². The predicted molar refractivity (Wildman–Crippen MR) is 60.6 cm³/mol. The van der Waals surface area contributed by atoms with Crippen molar-refractivity contribution in [1.29, 1.82) is 0 Å². The number of hydrogen-bond donors (Lipinski definition) is 1. The predicted octanol–water partition coefficient (Wildman–Crippen LogP) is -0.00390. The highest BCUT2D eigenvalue weighted by molar-refractivity contribution is 7.86. The molecule has 1 unspecified atom stereocenters. The van der Waals surface area contributed by atoms with Crippen molar-refractivity contribution in [3.63, 3.8) is 0 Å². The number of nitrogens with zero attached hydrogens (tertiary/aromatic N) is 2. The monoisotopic (exact) mass is 235 g/mol. The van der Waals surface area contributed by atoms with Gasteiger partial charge in [-0.1, -0.05) is 13.3 Å². The highest BCUT2D eigenvalue weighted by Crippen LogP contribution is 2.15. The lowest BCUT2D eigenvalue weighted by atomic mass is 10.3. The van der Waals surface area contributed by atoms with Gasteiger partial charge < -0.3 is 5.73 Å². The van der Waals surface area contributed by atoms with E-state index in [2.05, 4.69) is 0 Å². The topological polar surface area (TPSA) is 66.6 Å². The molecule has 0 aromatic carbocycles. The van der Waals surface area contributed by atoms with Gasteiger partial charge in [-0.15, -0.1) is 0 Å². The normalized spacial score (nSPS) is 23.9. The van der Waals surface area contributed by atoms with Crippen molar-refractivity contribution in [2.24, 2.45) is 5.73 Å². The third kappa shape index (κ3) is 3.14. The first-order valence-electron chi connectivity index (χ1n) is 5.45. The zero-order valence-electron chi connectivity index (χ0n) is 9.52. The zero-order chi connectivity index (χ0) is 11.5. The van der Waals surface area contributed by atoms with Crippen molar-refractivity contribution in [1.82, 2.24) is 8.61 Å². The molecule has 2 N–H and O–H groups in total. The molecule has 90 valence electrons. The molecule has 5 nitrogen and oxygen atoms in total. The van der Waals surface area contributed by atoms with Gasteiger partial charge in [-0.25, -0.2) is 0 Å². The molecule has 15 heavy (non-hydrogen) atoms. The molecule has 0 aromatic rings. The standard InChI is InChI=1S/C9H21N3O2S/c1-3-4-6-11(2)15(13,14)12-7-5-9(10)8-12/h9H,3-8,10H2,1-2H3. The summed E-state index contributed by atoms with van der Waals surface area (Å²) in [6.07, 6.45) is 2.66. The Morgan fingerprint density at radius 1 is 1.53 bits per heavy atom. The summed E-state index contributed by atoms with van der Waals surface area (Å²) in [7, 11) is -1.62. The van der Waals surface area contributed by atoms with Crippen molar-refractivity contribution in [3.8, 4) is 0 Å². The molecule has 0 spiro atoms. The summed E-state index contributed by atoms with van der Waals surface area (Å²) >= 11 is 0. The second-order valence-electron chi connectivity index (χ2n) is 4.09. The summed E-state index contributed by atoms with van der Waals surface area (Å²) < 4.78 is 26.9. The molecule has 6 heteroatoms. The van der Waals surface area contributed by atoms with Crippen LogP contribution in [-0.4, -0.2) is 49.8 Å². The Bertz CT molecular complexity index is 292. The molecular formula is C9H21N3O2S. The Morgan fingerprint density at radius 2 is 2.20 bits per heavy atom. The van der Waals surface area contributed by atoms with E-state index in [-0.39, 0.29) is 6.04 Å². The van der Waals surface area contributed by atoms with Gasteiger partial charge in [-0.3, -0.25) is 0 Å². The summed E-state index contributed by atoms with van der Waals surface area (Å²) in [5.74, 6) is 0. The molecule has 1 saturated heterocycles. The lowest BCUT2D eigenvalue weighted by Gasteiger charge is -2.23. The van der Waals surface area contributed by atoms with Gasteiger partial charge in [0.1, 0.15) is 0 Å². The lowest BCUT2D eigenvalue weighted by Crippen LogP contribution is -2.42. The van der Waals surface area contributed by atoms with Gasteiger partial charge in [0.15, 0.2) is 0 Å². The summed E-state index contributed by atoms with van der Waals surface area (Å²) in [5.41, 5.74) is 5.70. The van der Waals surface area contributed by atoms with Crippen LogP contribution in [0.2, 0.25) is 0 Å². The van der Waals surface area contributed by atoms with Crippen LogP contribution in [0.3, 0.4) is 0 Å². The van der Waals surface area contributed by atoms with Crippen LogP contribution >= 0.6 is 0 Å². The van der Waals surface area contributed by atoms with E-state index in [0.717, 1.165) is 19.3 Å². The summed E-state index contributed by atoms with van der Waals surface area (Å²) in [6, 6.07) is -0.000602. The van der Waals surface area contributed by atoms with Crippen LogP contribution in [0, 0.1) is 0 Å². The molecule has 0 amide bonds. The molecule has 1 atom stereocenters. The van der Waals surface area contributed by atoms with Crippen LogP contribution < -0.4 is 5.73 Å². The van der Waals surface area contributed by atoms with Crippen LogP contribution in [-0.2, 0) is 10.2 Å². The fourth-order valence-electron chi connectivity index (χ4n) is 1.66. The first-order valence-corrected chi connectivity index (χ1v) is 6.85. The van der Waals surface area contributed by atoms with E-state index in [0.29, 0.717) is 19.6 Å². The van der Waals surface area contributed by atoms with E-state index >= 15 is 0 Å². The minimum Gasteiger partial charge on any atom is -0.326 e. The van der Waals surface area contributed by atoms with Crippen LogP contribution in [0.25, 0.3) is 0 Å². The summed E-state index contributed by atoms with van der Waals surface area (Å²) in [4.78, 5) is 0. The molecule has 0 aliphatic carbocycles. The first-order chi connectivity index (χ1) is 6.98. The molecule has 1 aliphatic rings. The third-order valence-corrected chi connectivity index (χ3v) is 4.69. The van der Waals surface area contributed by atoms with Gasteiger partial charge in [-0.2, -0.15) is 17.0 Å². The highest BCUT2D eigenvalue weighted by Gasteiger charge is 2.32. The minimum absolute atomic E-state index is 0.000602. The second kappa shape index (κ2) is 5.25. The average molecular weight is 235 g/mol. The number of nitrogens with two attached hydrogens (primary N) is 1. The molecule has 0 bridgehead atoms. The third-order valence-electron chi connectivity index (χ3n) is 2.73. The van der Waals surface area contributed by atoms with E-state index in [1.54, 1.807) is 7.05 Å². The second-order valence-corrected chi connectivity index (χ2v) is 6.13. The number of hydrogen-bond acceptors (Lipinski definition) is 3. The summed E-state index contributed by atoms with van der Waals surface area (Å²) in [6.45, 7) is 3.65. The van der Waals surface area contributed by atoms with Crippen molar-refractivity contribution in [2.75, 3.05) is 26.7 Å². The van der Waals surface area contributed by atoms with Crippen LogP contribution in [0.4, 0.5) is 0 Å². The lowest BCUT2D eigenvalue weighted by molar-refractivity contribution is 0.388. The van der Waals surface area contributed by atoms with Crippen molar-refractivity contribution in [3.05, 3.63) is 0 Å². The average Bonchev–Trinajstić information content (AvgIpc) is 2.61. The fourth-order valence-corrected chi connectivity index (χ4v) is 3.13. The summed E-state index contributed by atoms with van der Waals surface area (Å²) in [5, 5.41) is 0. The van der Waals surface area contributed by atoms with E-state index in [1.807, 2.05) is 6.92 Å².